The molecule has 0 atom stereocenters. The summed E-state index contributed by atoms with van der Waals surface area (Å²) in [6, 6.07) is 4.10. The number of rotatable bonds is 6. The summed E-state index contributed by atoms with van der Waals surface area (Å²) in [5.41, 5.74) is 0.231. The first kappa shape index (κ1) is 18.7. The summed E-state index contributed by atoms with van der Waals surface area (Å²) in [5, 5.41) is 8.49. The first-order chi connectivity index (χ1) is 11.4. The molecule has 1 aromatic rings. The summed E-state index contributed by atoms with van der Waals surface area (Å²) < 4.78 is 28.3. The van der Waals surface area contributed by atoms with Gasteiger partial charge in [0, 0.05) is 13.1 Å². The second-order valence-corrected chi connectivity index (χ2v) is 7.51. The van der Waals surface area contributed by atoms with Crippen LogP contribution in [0.2, 0.25) is 0 Å². The number of hydrogen-bond acceptors (Lipinski definition) is 5. The van der Waals surface area contributed by atoms with Crippen LogP contribution in [0.25, 0.3) is 0 Å². The Morgan fingerprint density at radius 3 is 2.58 bits per heavy atom. The van der Waals surface area contributed by atoms with Gasteiger partial charge in [-0.15, -0.1) is 0 Å². The van der Waals surface area contributed by atoms with Gasteiger partial charge in [0.05, 0.1) is 17.6 Å². The number of carbonyl (C=O) groups excluding carboxylic acids is 1. The van der Waals surface area contributed by atoms with Gasteiger partial charge in [0.25, 0.3) is 5.91 Å². The van der Waals surface area contributed by atoms with E-state index in [0.29, 0.717) is 24.8 Å². The largest absolute Gasteiger partial charge is 0.496 e. The maximum Gasteiger partial charge on any atom is 0.257 e. The average Bonchev–Trinajstić information content (AvgIpc) is 2.58. The number of likely N-dealkylation sites (tertiary alicyclic amines) is 1. The molecule has 1 saturated heterocycles. The van der Waals surface area contributed by atoms with Crippen molar-refractivity contribution in [1.29, 1.82) is 0 Å². The molecule has 8 heteroatoms. The van der Waals surface area contributed by atoms with E-state index in [-0.39, 0.29) is 16.4 Å². The first-order valence-corrected chi connectivity index (χ1v) is 9.62. The molecule has 0 radical (unpaired) electrons. The molecule has 0 saturated carbocycles. The van der Waals surface area contributed by atoms with Crippen molar-refractivity contribution in [2.75, 3.05) is 33.3 Å². The van der Waals surface area contributed by atoms with Gasteiger partial charge in [-0.05, 0) is 50.0 Å². The number of sulfonamides is 1. The summed E-state index contributed by atoms with van der Waals surface area (Å²) in [6.45, 7) is 5.28. The van der Waals surface area contributed by atoms with E-state index in [9.17, 15) is 13.2 Å². The third-order valence-corrected chi connectivity index (χ3v) is 5.23. The fourth-order valence-electron chi connectivity index (χ4n) is 2.89. The number of hydrogen-bond donors (Lipinski definition) is 2. The van der Waals surface area contributed by atoms with Gasteiger partial charge in [-0.2, -0.15) is 0 Å². The molecule has 134 valence electrons. The summed E-state index contributed by atoms with van der Waals surface area (Å²) in [6.07, 6.45) is 1.85. The lowest BCUT2D eigenvalue weighted by molar-refractivity contribution is 0.0686. The number of methoxy groups -OCH3 is 1. The van der Waals surface area contributed by atoms with E-state index < -0.39 is 10.0 Å². The smallest absolute Gasteiger partial charge is 0.257 e. The predicted octanol–water partition coefficient (Wildman–Crippen LogP) is 0.804. The molecule has 0 unspecified atom stereocenters. The van der Waals surface area contributed by atoms with Crippen molar-refractivity contribution in [2.24, 2.45) is 11.1 Å². The fourth-order valence-corrected chi connectivity index (χ4v) is 3.43. The number of nitrogens with one attached hydrogen (secondary N) is 1. The van der Waals surface area contributed by atoms with Crippen LogP contribution in [0.3, 0.4) is 0 Å². The van der Waals surface area contributed by atoms with E-state index in [2.05, 4.69) is 12.2 Å². The monoisotopic (exact) mass is 355 g/mol. The summed E-state index contributed by atoms with van der Waals surface area (Å²) in [7, 11) is -2.42. The Morgan fingerprint density at radius 2 is 2.04 bits per heavy atom. The average molecular weight is 355 g/mol. The minimum atomic E-state index is -3.87. The Kier molecular flexibility index (Phi) is 6.20. The molecule has 3 N–H and O–H groups in total. The standard InChI is InChI=1S/C16H25N3O4S/c1-3-18-11-12-6-8-19(9-7-12)16(20)14-10-13(24(17,21)22)4-5-15(14)23-2/h4-5,10,12,18H,3,6-9,11H2,1-2H3,(H2,17,21,22). The van der Waals surface area contributed by atoms with Crippen LogP contribution in [-0.4, -0.2) is 52.5 Å². The molecule has 24 heavy (non-hydrogen) atoms. The number of carbonyl (C=O) groups is 1. The number of primary sulfonamides is 1. The van der Waals surface area contributed by atoms with Crippen molar-refractivity contribution in [3.8, 4) is 5.75 Å². The number of nitrogens with two attached hydrogens (primary N) is 1. The number of benzene rings is 1. The Bertz CT molecular complexity index is 683. The summed E-state index contributed by atoms with van der Waals surface area (Å²) in [5.74, 6) is 0.688. The molecular weight excluding hydrogens is 330 g/mol. The second kappa shape index (κ2) is 7.96. The van der Waals surface area contributed by atoms with Crippen molar-refractivity contribution < 1.29 is 17.9 Å². The highest BCUT2D eigenvalue weighted by molar-refractivity contribution is 7.89. The van der Waals surface area contributed by atoms with E-state index in [0.717, 1.165) is 25.9 Å². The molecule has 0 aliphatic carbocycles. The quantitative estimate of drug-likeness (QED) is 0.786. The lowest BCUT2D eigenvalue weighted by Gasteiger charge is -2.32. The molecule has 1 heterocycles. The number of nitrogens with zero attached hydrogens (tertiary/aromatic N) is 1. The van der Waals surface area contributed by atoms with Crippen LogP contribution in [-0.2, 0) is 10.0 Å². The van der Waals surface area contributed by atoms with Gasteiger partial charge in [0.1, 0.15) is 5.75 Å². The molecular formula is C16H25N3O4S. The first-order valence-electron chi connectivity index (χ1n) is 8.07. The van der Waals surface area contributed by atoms with E-state index in [1.165, 1.54) is 25.3 Å². The highest BCUT2D eigenvalue weighted by Gasteiger charge is 2.26. The van der Waals surface area contributed by atoms with Crippen LogP contribution >= 0.6 is 0 Å². The highest BCUT2D eigenvalue weighted by atomic mass is 32.2. The van der Waals surface area contributed by atoms with Crippen molar-refractivity contribution in [2.45, 2.75) is 24.7 Å². The van der Waals surface area contributed by atoms with Crippen molar-refractivity contribution in [3.63, 3.8) is 0 Å². The van der Waals surface area contributed by atoms with E-state index in [4.69, 9.17) is 9.88 Å². The molecule has 1 aliphatic heterocycles. The molecule has 0 spiro atoms. The number of ether oxygens (including phenoxy) is 1. The lowest BCUT2D eigenvalue weighted by Crippen LogP contribution is -2.41. The third kappa shape index (κ3) is 4.46. The predicted molar refractivity (Wildman–Crippen MR) is 91.5 cm³/mol. The van der Waals surface area contributed by atoms with Crippen LogP contribution < -0.4 is 15.2 Å². The zero-order valence-corrected chi connectivity index (χ0v) is 14.9. The van der Waals surface area contributed by atoms with Gasteiger partial charge in [-0.3, -0.25) is 4.79 Å². The second-order valence-electron chi connectivity index (χ2n) is 5.95. The highest BCUT2D eigenvalue weighted by Crippen LogP contribution is 2.26. The van der Waals surface area contributed by atoms with E-state index in [1.807, 2.05) is 0 Å². The normalized spacial score (nSPS) is 16.2. The van der Waals surface area contributed by atoms with Crippen LogP contribution in [0.5, 0.6) is 5.75 Å². The molecule has 0 aromatic heterocycles. The minimum Gasteiger partial charge on any atom is -0.496 e. The molecule has 0 bridgehead atoms. The maximum absolute atomic E-state index is 12.8. The Morgan fingerprint density at radius 1 is 1.38 bits per heavy atom. The number of amides is 1. The molecule has 1 fully saturated rings. The molecule has 1 amide bonds. The Hall–Kier alpha value is -1.64. The molecule has 1 aliphatic rings. The van der Waals surface area contributed by atoms with Crippen molar-refractivity contribution in [1.82, 2.24) is 10.2 Å². The Balaban J connectivity index is 2.15. The van der Waals surface area contributed by atoms with Gasteiger partial charge in [0.2, 0.25) is 10.0 Å². The summed E-state index contributed by atoms with van der Waals surface area (Å²) >= 11 is 0. The third-order valence-electron chi connectivity index (χ3n) is 4.31. The van der Waals surface area contributed by atoms with Crippen LogP contribution in [0, 0.1) is 5.92 Å². The SMILES string of the molecule is CCNCC1CCN(C(=O)c2cc(S(N)(=O)=O)ccc2OC)CC1. The Labute approximate surface area is 143 Å². The van der Waals surface area contributed by atoms with E-state index in [1.54, 1.807) is 4.90 Å². The maximum atomic E-state index is 12.8. The van der Waals surface area contributed by atoms with Crippen LogP contribution in [0.4, 0.5) is 0 Å². The van der Waals surface area contributed by atoms with Crippen molar-refractivity contribution in [3.05, 3.63) is 23.8 Å². The van der Waals surface area contributed by atoms with Gasteiger partial charge in [-0.25, -0.2) is 13.6 Å². The van der Waals surface area contributed by atoms with Gasteiger partial charge in [-0.1, -0.05) is 6.92 Å². The van der Waals surface area contributed by atoms with E-state index >= 15 is 0 Å². The molecule has 1 aromatic carbocycles. The zero-order chi connectivity index (χ0) is 17.7. The summed E-state index contributed by atoms with van der Waals surface area (Å²) in [4.78, 5) is 14.4. The topological polar surface area (TPSA) is 102 Å². The minimum absolute atomic E-state index is 0.0892. The lowest BCUT2D eigenvalue weighted by atomic mass is 9.96. The molecule has 2 rings (SSSR count). The van der Waals surface area contributed by atoms with Crippen molar-refractivity contribution >= 4 is 15.9 Å². The number of piperidine rings is 1. The van der Waals surface area contributed by atoms with Gasteiger partial charge < -0.3 is 15.0 Å². The zero-order valence-electron chi connectivity index (χ0n) is 14.1. The fraction of sp³-hybridized carbons (Fsp3) is 0.562. The van der Waals surface area contributed by atoms with Crippen LogP contribution in [0.15, 0.2) is 23.1 Å². The molecule has 7 nitrogen and oxygen atoms in total. The van der Waals surface area contributed by atoms with Gasteiger partial charge >= 0.3 is 0 Å². The van der Waals surface area contributed by atoms with Gasteiger partial charge in [0.15, 0.2) is 0 Å². The van der Waals surface area contributed by atoms with Crippen LogP contribution in [0.1, 0.15) is 30.1 Å².